The first-order valence-corrected chi connectivity index (χ1v) is 7.02. The average Bonchev–Trinajstić information content (AvgIpc) is 2.44. The fourth-order valence-corrected chi connectivity index (χ4v) is 2.67. The molecular formula is C15H20F2N2O. The molecule has 0 spiro atoms. The number of rotatable bonds is 4. The summed E-state index contributed by atoms with van der Waals surface area (Å²) >= 11 is 0. The van der Waals surface area contributed by atoms with Gasteiger partial charge in [-0.05, 0) is 32.0 Å². The molecule has 5 heteroatoms. The number of halogens is 2. The number of anilines is 1. The van der Waals surface area contributed by atoms with Crippen LogP contribution >= 0.6 is 0 Å². The Kier molecular flexibility index (Phi) is 5.06. The van der Waals surface area contributed by atoms with E-state index in [0.717, 1.165) is 25.0 Å². The molecule has 0 saturated heterocycles. The number of benzene rings is 1. The van der Waals surface area contributed by atoms with Crippen LogP contribution in [-0.4, -0.2) is 30.4 Å². The van der Waals surface area contributed by atoms with Crippen molar-refractivity contribution < 1.29 is 13.6 Å². The van der Waals surface area contributed by atoms with E-state index in [4.69, 9.17) is 0 Å². The minimum absolute atomic E-state index is 0.151. The van der Waals surface area contributed by atoms with Crippen molar-refractivity contribution >= 4 is 11.6 Å². The highest BCUT2D eigenvalue weighted by Crippen LogP contribution is 2.22. The molecule has 0 atom stereocenters. The Morgan fingerprint density at radius 1 is 1.25 bits per heavy atom. The lowest BCUT2D eigenvalue weighted by Crippen LogP contribution is -2.39. The molecule has 2 rings (SSSR count). The van der Waals surface area contributed by atoms with Gasteiger partial charge in [0.2, 0.25) is 5.91 Å². The van der Waals surface area contributed by atoms with Crippen LogP contribution in [0.25, 0.3) is 0 Å². The van der Waals surface area contributed by atoms with Gasteiger partial charge < -0.3 is 5.32 Å². The van der Waals surface area contributed by atoms with Gasteiger partial charge in [-0.15, -0.1) is 0 Å². The maximum atomic E-state index is 13.4. The second kappa shape index (κ2) is 6.79. The van der Waals surface area contributed by atoms with Gasteiger partial charge >= 0.3 is 0 Å². The number of hydrogen-bond donors (Lipinski definition) is 1. The molecule has 0 aromatic heterocycles. The van der Waals surface area contributed by atoms with E-state index in [9.17, 15) is 13.6 Å². The van der Waals surface area contributed by atoms with Gasteiger partial charge in [0.25, 0.3) is 0 Å². The van der Waals surface area contributed by atoms with Crippen LogP contribution in [0.4, 0.5) is 14.5 Å². The van der Waals surface area contributed by atoms with E-state index in [2.05, 4.69) is 5.32 Å². The van der Waals surface area contributed by atoms with Crippen LogP contribution in [-0.2, 0) is 4.79 Å². The molecular weight excluding hydrogens is 262 g/mol. The third-order valence-electron chi connectivity index (χ3n) is 3.82. The fraction of sp³-hybridized carbons (Fsp3) is 0.533. The minimum atomic E-state index is -0.751. The van der Waals surface area contributed by atoms with Gasteiger partial charge in [-0.2, -0.15) is 0 Å². The second-order valence-corrected chi connectivity index (χ2v) is 5.35. The summed E-state index contributed by atoms with van der Waals surface area (Å²) in [5.41, 5.74) is -0.366. The Bertz CT molecular complexity index is 453. The molecule has 1 aromatic carbocycles. The van der Waals surface area contributed by atoms with Crippen molar-refractivity contribution in [3.8, 4) is 0 Å². The van der Waals surface area contributed by atoms with Crippen LogP contribution in [0.2, 0.25) is 0 Å². The molecule has 1 fully saturated rings. The van der Waals surface area contributed by atoms with E-state index in [1.165, 1.54) is 25.3 Å². The number of amides is 1. The topological polar surface area (TPSA) is 32.3 Å². The van der Waals surface area contributed by atoms with Crippen molar-refractivity contribution in [2.75, 3.05) is 18.9 Å². The van der Waals surface area contributed by atoms with Gasteiger partial charge in [-0.25, -0.2) is 8.78 Å². The standard InChI is InChI=1S/C15H20F2N2O/c1-19(11-6-3-2-4-7-11)10-14(20)18-15-12(16)8-5-9-13(15)17/h5,8-9,11H,2-4,6-7,10H2,1H3,(H,18,20). The molecule has 1 N–H and O–H groups in total. The van der Waals surface area contributed by atoms with E-state index in [1.54, 1.807) is 0 Å². The molecule has 1 saturated carbocycles. The molecule has 0 radical (unpaired) electrons. The van der Waals surface area contributed by atoms with E-state index in [0.29, 0.717) is 6.04 Å². The van der Waals surface area contributed by atoms with Crippen LogP contribution in [0.3, 0.4) is 0 Å². The van der Waals surface area contributed by atoms with Crippen molar-refractivity contribution in [2.45, 2.75) is 38.1 Å². The summed E-state index contributed by atoms with van der Waals surface area (Å²) in [6.45, 7) is 0.151. The largest absolute Gasteiger partial charge is 0.320 e. The summed E-state index contributed by atoms with van der Waals surface area (Å²) in [6, 6.07) is 3.92. The first kappa shape index (κ1) is 14.9. The van der Waals surface area contributed by atoms with Gasteiger partial charge in [-0.1, -0.05) is 25.3 Å². The summed E-state index contributed by atoms with van der Waals surface area (Å²) in [6.07, 6.45) is 5.77. The van der Waals surface area contributed by atoms with E-state index in [-0.39, 0.29) is 18.1 Å². The first-order chi connectivity index (χ1) is 9.58. The van der Waals surface area contributed by atoms with Crippen LogP contribution in [0, 0.1) is 11.6 Å². The molecule has 0 heterocycles. The van der Waals surface area contributed by atoms with Crippen molar-refractivity contribution in [3.63, 3.8) is 0 Å². The molecule has 1 amide bonds. The summed E-state index contributed by atoms with van der Waals surface area (Å²) < 4.78 is 26.9. The predicted octanol–water partition coefficient (Wildman–Crippen LogP) is 3.17. The van der Waals surface area contributed by atoms with Crippen molar-refractivity contribution in [2.24, 2.45) is 0 Å². The fourth-order valence-electron chi connectivity index (χ4n) is 2.67. The van der Waals surface area contributed by atoms with Gasteiger partial charge in [0.1, 0.15) is 17.3 Å². The molecule has 20 heavy (non-hydrogen) atoms. The number of para-hydroxylation sites is 1. The highest BCUT2D eigenvalue weighted by molar-refractivity contribution is 5.92. The monoisotopic (exact) mass is 282 g/mol. The average molecular weight is 282 g/mol. The number of likely N-dealkylation sites (N-methyl/N-ethyl adjacent to an activating group) is 1. The first-order valence-electron chi connectivity index (χ1n) is 7.02. The van der Waals surface area contributed by atoms with Crippen LogP contribution < -0.4 is 5.32 Å². The number of carbonyl (C=O) groups excluding carboxylic acids is 1. The Balaban J connectivity index is 1.91. The lowest BCUT2D eigenvalue weighted by Gasteiger charge is -2.30. The second-order valence-electron chi connectivity index (χ2n) is 5.35. The number of nitrogens with one attached hydrogen (secondary N) is 1. The lowest BCUT2D eigenvalue weighted by molar-refractivity contribution is -0.117. The molecule has 1 aliphatic carbocycles. The highest BCUT2D eigenvalue weighted by atomic mass is 19.1. The zero-order valence-corrected chi connectivity index (χ0v) is 11.7. The summed E-state index contributed by atoms with van der Waals surface area (Å²) in [5, 5.41) is 2.32. The van der Waals surface area contributed by atoms with Gasteiger partial charge in [-0.3, -0.25) is 9.69 Å². The molecule has 0 aliphatic heterocycles. The number of carbonyl (C=O) groups is 1. The Morgan fingerprint density at radius 2 is 1.85 bits per heavy atom. The van der Waals surface area contributed by atoms with Gasteiger partial charge in [0.15, 0.2) is 0 Å². The van der Waals surface area contributed by atoms with E-state index in [1.807, 2.05) is 11.9 Å². The Morgan fingerprint density at radius 3 is 2.45 bits per heavy atom. The van der Waals surface area contributed by atoms with Crippen LogP contribution in [0.15, 0.2) is 18.2 Å². The van der Waals surface area contributed by atoms with Crippen molar-refractivity contribution in [3.05, 3.63) is 29.8 Å². The molecule has 0 bridgehead atoms. The third-order valence-corrected chi connectivity index (χ3v) is 3.82. The van der Waals surface area contributed by atoms with Crippen LogP contribution in [0.5, 0.6) is 0 Å². The molecule has 110 valence electrons. The van der Waals surface area contributed by atoms with E-state index < -0.39 is 11.6 Å². The zero-order valence-electron chi connectivity index (χ0n) is 11.7. The zero-order chi connectivity index (χ0) is 14.5. The van der Waals surface area contributed by atoms with Crippen LogP contribution in [0.1, 0.15) is 32.1 Å². The summed E-state index contributed by atoms with van der Waals surface area (Å²) in [5.74, 6) is -1.89. The number of hydrogen-bond acceptors (Lipinski definition) is 2. The number of nitrogens with zero attached hydrogens (tertiary/aromatic N) is 1. The highest BCUT2D eigenvalue weighted by Gasteiger charge is 2.20. The minimum Gasteiger partial charge on any atom is -0.320 e. The summed E-state index contributed by atoms with van der Waals surface area (Å²) in [4.78, 5) is 13.8. The summed E-state index contributed by atoms with van der Waals surface area (Å²) in [7, 11) is 1.88. The predicted molar refractivity (Wildman–Crippen MR) is 74.5 cm³/mol. The van der Waals surface area contributed by atoms with Gasteiger partial charge in [0, 0.05) is 6.04 Å². The third kappa shape index (κ3) is 3.76. The van der Waals surface area contributed by atoms with Gasteiger partial charge in [0.05, 0.1) is 6.54 Å². The quantitative estimate of drug-likeness (QED) is 0.920. The van der Waals surface area contributed by atoms with Crippen molar-refractivity contribution in [1.29, 1.82) is 0 Å². The van der Waals surface area contributed by atoms with Crippen molar-refractivity contribution in [1.82, 2.24) is 4.90 Å². The molecule has 3 nitrogen and oxygen atoms in total. The van der Waals surface area contributed by atoms with E-state index >= 15 is 0 Å². The SMILES string of the molecule is CN(CC(=O)Nc1c(F)cccc1F)C1CCCCC1. The molecule has 1 aromatic rings. The maximum Gasteiger partial charge on any atom is 0.238 e. The lowest BCUT2D eigenvalue weighted by atomic mass is 9.94. The smallest absolute Gasteiger partial charge is 0.238 e. The Labute approximate surface area is 118 Å². The molecule has 0 unspecified atom stereocenters. The molecule has 1 aliphatic rings. The Hall–Kier alpha value is -1.49. The maximum absolute atomic E-state index is 13.4. The normalized spacial score (nSPS) is 16.4.